The standard InChI is InChI=1S/C13H18BrNO2S/c1-9(18-2)7-15-8-10-5-11(14)13-12(6-10)16-3-4-17-13/h5-6,9,15H,3-4,7-8H2,1-2H3. The van der Waals surface area contributed by atoms with E-state index in [1.807, 2.05) is 11.8 Å². The van der Waals surface area contributed by atoms with E-state index in [2.05, 4.69) is 46.6 Å². The first-order valence-electron chi connectivity index (χ1n) is 6.02. The molecule has 100 valence electrons. The molecule has 5 heteroatoms. The van der Waals surface area contributed by atoms with Crippen molar-refractivity contribution in [2.75, 3.05) is 26.0 Å². The summed E-state index contributed by atoms with van der Waals surface area (Å²) in [5.74, 6) is 1.66. The summed E-state index contributed by atoms with van der Waals surface area (Å²) in [6, 6.07) is 4.14. The molecule has 1 heterocycles. The van der Waals surface area contributed by atoms with Crippen molar-refractivity contribution >= 4 is 27.7 Å². The quantitative estimate of drug-likeness (QED) is 0.898. The van der Waals surface area contributed by atoms with Crippen LogP contribution in [0.4, 0.5) is 0 Å². The van der Waals surface area contributed by atoms with Gasteiger partial charge in [-0.15, -0.1) is 0 Å². The van der Waals surface area contributed by atoms with E-state index in [1.54, 1.807) is 0 Å². The highest BCUT2D eigenvalue weighted by Crippen LogP contribution is 2.38. The molecule has 1 atom stereocenters. The molecule has 1 unspecified atom stereocenters. The van der Waals surface area contributed by atoms with Gasteiger partial charge in [0.25, 0.3) is 0 Å². The van der Waals surface area contributed by atoms with Gasteiger partial charge in [0.15, 0.2) is 11.5 Å². The van der Waals surface area contributed by atoms with Gasteiger partial charge in [-0.05, 0) is 39.9 Å². The summed E-state index contributed by atoms with van der Waals surface area (Å²) in [5.41, 5.74) is 1.21. The number of ether oxygens (including phenoxy) is 2. The third kappa shape index (κ3) is 3.56. The van der Waals surface area contributed by atoms with E-state index in [1.165, 1.54) is 5.56 Å². The van der Waals surface area contributed by atoms with Crippen LogP contribution in [0.3, 0.4) is 0 Å². The summed E-state index contributed by atoms with van der Waals surface area (Å²) in [5, 5.41) is 4.08. The summed E-state index contributed by atoms with van der Waals surface area (Å²) in [7, 11) is 0. The van der Waals surface area contributed by atoms with Crippen molar-refractivity contribution in [2.45, 2.75) is 18.7 Å². The number of thioether (sulfide) groups is 1. The van der Waals surface area contributed by atoms with E-state index in [-0.39, 0.29) is 0 Å². The van der Waals surface area contributed by atoms with Crippen LogP contribution in [-0.4, -0.2) is 31.3 Å². The normalized spacial score (nSPS) is 15.5. The molecule has 1 aromatic carbocycles. The maximum absolute atomic E-state index is 5.61. The Balaban J connectivity index is 1.99. The molecule has 1 N–H and O–H groups in total. The van der Waals surface area contributed by atoms with E-state index in [9.17, 15) is 0 Å². The summed E-state index contributed by atoms with van der Waals surface area (Å²) in [4.78, 5) is 0. The largest absolute Gasteiger partial charge is 0.486 e. The van der Waals surface area contributed by atoms with Gasteiger partial charge < -0.3 is 14.8 Å². The highest BCUT2D eigenvalue weighted by molar-refractivity contribution is 9.10. The van der Waals surface area contributed by atoms with Crippen molar-refractivity contribution in [1.29, 1.82) is 0 Å². The monoisotopic (exact) mass is 331 g/mol. The number of benzene rings is 1. The lowest BCUT2D eigenvalue weighted by Gasteiger charge is -2.20. The third-order valence-corrected chi connectivity index (χ3v) is 4.38. The first-order chi connectivity index (χ1) is 8.70. The molecule has 0 bridgehead atoms. The van der Waals surface area contributed by atoms with Crippen LogP contribution in [0.5, 0.6) is 11.5 Å². The van der Waals surface area contributed by atoms with Crippen LogP contribution in [-0.2, 0) is 6.54 Å². The SMILES string of the molecule is CSC(C)CNCc1cc(Br)c2c(c1)OCCO2. The molecule has 1 aromatic rings. The second kappa shape index (κ2) is 6.68. The Kier molecular flexibility index (Phi) is 5.21. The fraction of sp³-hybridized carbons (Fsp3) is 0.538. The van der Waals surface area contributed by atoms with Gasteiger partial charge in [0, 0.05) is 18.3 Å². The van der Waals surface area contributed by atoms with Crippen LogP contribution in [0.2, 0.25) is 0 Å². The second-order valence-electron chi connectivity index (χ2n) is 4.28. The Bertz CT molecular complexity index is 414. The number of nitrogens with one attached hydrogen (secondary N) is 1. The number of hydrogen-bond donors (Lipinski definition) is 1. The molecule has 1 aliphatic heterocycles. The van der Waals surface area contributed by atoms with Gasteiger partial charge in [0.2, 0.25) is 0 Å². The Hall–Kier alpha value is -0.390. The average Bonchev–Trinajstić information content (AvgIpc) is 2.38. The molecule has 0 amide bonds. The van der Waals surface area contributed by atoms with E-state index < -0.39 is 0 Å². The Labute approximate surface area is 121 Å². The fourth-order valence-corrected chi connectivity index (χ4v) is 2.66. The maximum Gasteiger partial charge on any atom is 0.175 e. The highest BCUT2D eigenvalue weighted by Gasteiger charge is 2.16. The van der Waals surface area contributed by atoms with Gasteiger partial charge in [-0.25, -0.2) is 0 Å². The van der Waals surface area contributed by atoms with Gasteiger partial charge >= 0.3 is 0 Å². The lowest BCUT2D eigenvalue weighted by molar-refractivity contribution is 0.170. The van der Waals surface area contributed by atoms with Crippen LogP contribution in [0.25, 0.3) is 0 Å². The molecule has 1 aliphatic rings. The number of hydrogen-bond acceptors (Lipinski definition) is 4. The van der Waals surface area contributed by atoms with E-state index in [4.69, 9.17) is 9.47 Å². The number of rotatable bonds is 5. The van der Waals surface area contributed by atoms with Gasteiger partial charge in [-0.3, -0.25) is 0 Å². The predicted octanol–water partition coefficient (Wildman–Crippen LogP) is 3.06. The zero-order valence-corrected chi connectivity index (χ0v) is 13.1. The number of fused-ring (bicyclic) bond motifs is 1. The first kappa shape index (κ1) is 14.0. The van der Waals surface area contributed by atoms with Crippen LogP contribution >= 0.6 is 27.7 Å². The summed E-state index contributed by atoms with van der Waals surface area (Å²) >= 11 is 5.40. The molecule has 0 radical (unpaired) electrons. The third-order valence-electron chi connectivity index (χ3n) is 2.82. The first-order valence-corrected chi connectivity index (χ1v) is 8.10. The lowest BCUT2D eigenvalue weighted by Crippen LogP contribution is -2.22. The average molecular weight is 332 g/mol. The summed E-state index contributed by atoms with van der Waals surface area (Å²) < 4.78 is 12.1. The Morgan fingerprint density at radius 1 is 1.39 bits per heavy atom. The minimum Gasteiger partial charge on any atom is -0.486 e. The molecule has 3 nitrogen and oxygen atoms in total. The minimum absolute atomic E-state index is 0.619. The van der Waals surface area contributed by atoms with Crippen LogP contribution in [0.15, 0.2) is 16.6 Å². The van der Waals surface area contributed by atoms with Crippen LogP contribution in [0.1, 0.15) is 12.5 Å². The lowest BCUT2D eigenvalue weighted by atomic mass is 10.2. The second-order valence-corrected chi connectivity index (χ2v) is 6.41. The van der Waals surface area contributed by atoms with Crippen molar-refractivity contribution in [3.05, 3.63) is 22.2 Å². The van der Waals surface area contributed by atoms with Gasteiger partial charge in [0.1, 0.15) is 13.2 Å². The van der Waals surface area contributed by atoms with Crippen molar-refractivity contribution in [1.82, 2.24) is 5.32 Å². The molecule has 0 saturated heterocycles. The van der Waals surface area contributed by atoms with Crippen molar-refractivity contribution in [2.24, 2.45) is 0 Å². The molecule has 0 spiro atoms. The summed E-state index contributed by atoms with van der Waals surface area (Å²) in [6.07, 6.45) is 2.13. The summed E-state index contributed by atoms with van der Waals surface area (Å²) in [6.45, 7) is 5.32. The van der Waals surface area contributed by atoms with E-state index in [0.29, 0.717) is 18.5 Å². The molecular formula is C13H18BrNO2S. The topological polar surface area (TPSA) is 30.5 Å². The number of halogens is 1. The van der Waals surface area contributed by atoms with Crippen LogP contribution < -0.4 is 14.8 Å². The Morgan fingerprint density at radius 2 is 2.17 bits per heavy atom. The molecule has 0 aliphatic carbocycles. The van der Waals surface area contributed by atoms with Gasteiger partial charge in [-0.1, -0.05) is 6.92 Å². The zero-order chi connectivity index (χ0) is 13.0. The maximum atomic E-state index is 5.61. The molecule has 2 rings (SSSR count). The molecule has 0 fully saturated rings. The molecule has 18 heavy (non-hydrogen) atoms. The van der Waals surface area contributed by atoms with Crippen molar-refractivity contribution in [3.8, 4) is 11.5 Å². The molecule has 0 saturated carbocycles. The van der Waals surface area contributed by atoms with Crippen LogP contribution in [0, 0.1) is 0 Å². The van der Waals surface area contributed by atoms with E-state index in [0.717, 1.165) is 29.1 Å². The fourth-order valence-electron chi connectivity index (χ4n) is 1.77. The minimum atomic E-state index is 0.619. The highest BCUT2D eigenvalue weighted by atomic mass is 79.9. The van der Waals surface area contributed by atoms with E-state index >= 15 is 0 Å². The van der Waals surface area contributed by atoms with Crippen molar-refractivity contribution in [3.63, 3.8) is 0 Å². The van der Waals surface area contributed by atoms with Gasteiger partial charge in [0.05, 0.1) is 4.47 Å². The van der Waals surface area contributed by atoms with Crippen molar-refractivity contribution < 1.29 is 9.47 Å². The van der Waals surface area contributed by atoms with Gasteiger partial charge in [-0.2, -0.15) is 11.8 Å². The molecular weight excluding hydrogens is 314 g/mol. The Morgan fingerprint density at radius 3 is 2.94 bits per heavy atom. The zero-order valence-electron chi connectivity index (χ0n) is 10.7. The smallest absolute Gasteiger partial charge is 0.175 e. The predicted molar refractivity (Wildman–Crippen MR) is 79.8 cm³/mol. The molecule has 0 aromatic heterocycles.